The van der Waals surface area contributed by atoms with Gasteiger partial charge in [-0.25, -0.2) is 4.79 Å². The quantitative estimate of drug-likeness (QED) is 0.632. The van der Waals surface area contributed by atoms with Crippen molar-refractivity contribution in [1.82, 2.24) is 5.32 Å². The first-order valence-corrected chi connectivity index (χ1v) is 8.84. The number of alkyl halides is 2. The number of methoxy groups -OCH3 is 3. The van der Waals surface area contributed by atoms with Crippen molar-refractivity contribution in [3.63, 3.8) is 0 Å². The number of amides is 2. The predicted octanol–water partition coefficient (Wildman–Crippen LogP) is 4.59. The van der Waals surface area contributed by atoms with Crippen LogP contribution in [-0.4, -0.2) is 34.0 Å². The molecule has 2 N–H and O–H groups in total. The molecule has 0 heterocycles. The Morgan fingerprint density at radius 3 is 2.14 bits per heavy atom. The van der Waals surface area contributed by atoms with E-state index in [-0.39, 0.29) is 5.75 Å². The van der Waals surface area contributed by atoms with Crippen molar-refractivity contribution < 1.29 is 32.5 Å². The minimum Gasteiger partial charge on any atom is -0.493 e. The second-order valence-corrected chi connectivity index (χ2v) is 5.89. The Kier molecular flexibility index (Phi) is 7.88. The lowest BCUT2D eigenvalue weighted by molar-refractivity contribution is -0.0506. The van der Waals surface area contributed by atoms with E-state index in [0.717, 1.165) is 0 Å². The van der Waals surface area contributed by atoms with Crippen LogP contribution in [0.4, 0.5) is 19.3 Å². The number of rotatable bonds is 9. The van der Waals surface area contributed by atoms with E-state index >= 15 is 0 Å². The SMILES string of the molecule is CCC(NC(=O)Nc1cc(OC)c(OC)c(OC)c1)c1ccccc1OC(F)F. The van der Waals surface area contributed by atoms with E-state index in [2.05, 4.69) is 15.4 Å². The highest BCUT2D eigenvalue weighted by atomic mass is 19.3. The van der Waals surface area contributed by atoms with Gasteiger partial charge in [-0.15, -0.1) is 0 Å². The number of ether oxygens (including phenoxy) is 4. The molecule has 2 rings (SSSR count). The zero-order valence-electron chi connectivity index (χ0n) is 16.6. The molecule has 158 valence electrons. The van der Waals surface area contributed by atoms with Crippen LogP contribution in [0.5, 0.6) is 23.0 Å². The highest BCUT2D eigenvalue weighted by Crippen LogP contribution is 2.40. The van der Waals surface area contributed by atoms with Crippen molar-refractivity contribution in [2.24, 2.45) is 0 Å². The summed E-state index contributed by atoms with van der Waals surface area (Å²) < 4.78 is 45.7. The van der Waals surface area contributed by atoms with Crippen molar-refractivity contribution in [2.75, 3.05) is 26.6 Å². The predicted molar refractivity (Wildman–Crippen MR) is 104 cm³/mol. The molecule has 0 bridgehead atoms. The van der Waals surface area contributed by atoms with E-state index in [1.54, 1.807) is 30.3 Å². The second kappa shape index (κ2) is 10.4. The fraction of sp³-hybridized carbons (Fsp3) is 0.350. The van der Waals surface area contributed by atoms with Crippen LogP contribution in [0.25, 0.3) is 0 Å². The summed E-state index contributed by atoms with van der Waals surface area (Å²) in [6, 6.07) is 8.43. The molecule has 0 aliphatic rings. The van der Waals surface area contributed by atoms with Gasteiger partial charge in [0.15, 0.2) is 11.5 Å². The van der Waals surface area contributed by atoms with E-state index in [0.29, 0.717) is 34.9 Å². The number of hydrogen-bond acceptors (Lipinski definition) is 5. The molecular weight excluding hydrogens is 386 g/mol. The molecule has 0 aromatic heterocycles. The van der Waals surface area contributed by atoms with Gasteiger partial charge in [-0.05, 0) is 12.5 Å². The van der Waals surface area contributed by atoms with Crippen LogP contribution < -0.4 is 29.6 Å². The zero-order valence-corrected chi connectivity index (χ0v) is 16.6. The Bertz CT molecular complexity index is 807. The molecule has 0 saturated heterocycles. The third-order valence-electron chi connectivity index (χ3n) is 4.15. The Morgan fingerprint density at radius 1 is 1.00 bits per heavy atom. The number of para-hydroxylation sites is 1. The molecular formula is C20H24F2N2O5. The first kappa shape index (κ1) is 22.1. The summed E-state index contributed by atoms with van der Waals surface area (Å²) in [5, 5.41) is 5.44. The van der Waals surface area contributed by atoms with Gasteiger partial charge in [0.05, 0.1) is 33.1 Å². The molecule has 0 spiro atoms. The van der Waals surface area contributed by atoms with Crippen LogP contribution in [-0.2, 0) is 0 Å². The molecule has 9 heteroatoms. The fourth-order valence-electron chi connectivity index (χ4n) is 2.85. The van der Waals surface area contributed by atoms with Crippen LogP contribution in [0, 0.1) is 0 Å². The van der Waals surface area contributed by atoms with Gasteiger partial charge in [-0.2, -0.15) is 8.78 Å². The third-order valence-corrected chi connectivity index (χ3v) is 4.15. The number of halogens is 2. The zero-order chi connectivity index (χ0) is 21.4. The van der Waals surface area contributed by atoms with Crippen molar-refractivity contribution in [3.05, 3.63) is 42.0 Å². The number of carbonyl (C=O) groups excluding carboxylic acids is 1. The Morgan fingerprint density at radius 2 is 1.62 bits per heavy atom. The minimum absolute atomic E-state index is 0.0161. The van der Waals surface area contributed by atoms with Crippen LogP contribution in [0.3, 0.4) is 0 Å². The summed E-state index contributed by atoms with van der Waals surface area (Å²) in [6.45, 7) is -1.13. The molecule has 0 aliphatic heterocycles. The van der Waals surface area contributed by atoms with Gasteiger partial charge in [0.1, 0.15) is 5.75 Å². The van der Waals surface area contributed by atoms with Gasteiger partial charge in [0.25, 0.3) is 0 Å². The standard InChI is InChI=1S/C20H24F2N2O5/c1-5-14(13-8-6-7-9-15(13)29-19(21)22)24-20(25)23-12-10-16(26-2)18(28-4)17(11-12)27-3/h6-11,14,19H,5H2,1-4H3,(H2,23,24,25). The molecule has 0 saturated carbocycles. The van der Waals surface area contributed by atoms with Crippen LogP contribution in [0.1, 0.15) is 24.9 Å². The third kappa shape index (κ3) is 5.63. The van der Waals surface area contributed by atoms with Gasteiger partial charge >= 0.3 is 12.6 Å². The summed E-state index contributed by atoms with van der Waals surface area (Å²) in [5.74, 6) is 1.17. The molecule has 2 aromatic rings. The van der Waals surface area contributed by atoms with Gasteiger partial charge in [0.2, 0.25) is 5.75 Å². The van der Waals surface area contributed by atoms with Crippen molar-refractivity contribution in [3.8, 4) is 23.0 Å². The number of anilines is 1. The van der Waals surface area contributed by atoms with Crippen LogP contribution in [0.15, 0.2) is 36.4 Å². The summed E-state index contributed by atoms with van der Waals surface area (Å²) in [5.41, 5.74) is 0.860. The molecule has 0 fully saturated rings. The number of benzene rings is 2. The van der Waals surface area contributed by atoms with Gasteiger partial charge in [-0.1, -0.05) is 25.1 Å². The monoisotopic (exact) mass is 410 g/mol. The molecule has 29 heavy (non-hydrogen) atoms. The highest BCUT2D eigenvalue weighted by Gasteiger charge is 2.20. The number of carbonyl (C=O) groups is 1. The van der Waals surface area contributed by atoms with E-state index in [1.807, 2.05) is 6.92 Å². The van der Waals surface area contributed by atoms with E-state index in [9.17, 15) is 13.6 Å². The number of urea groups is 1. The molecule has 0 radical (unpaired) electrons. The second-order valence-electron chi connectivity index (χ2n) is 5.89. The molecule has 0 aliphatic carbocycles. The Labute approximate surface area is 167 Å². The van der Waals surface area contributed by atoms with Crippen molar-refractivity contribution in [2.45, 2.75) is 26.0 Å². The van der Waals surface area contributed by atoms with Gasteiger partial charge < -0.3 is 29.6 Å². The largest absolute Gasteiger partial charge is 0.493 e. The fourth-order valence-corrected chi connectivity index (χ4v) is 2.85. The summed E-state index contributed by atoms with van der Waals surface area (Å²) >= 11 is 0. The first-order valence-electron chi connectivity index (χ1n) is 8.84. The Balaban J connectivity index is 2.20. The van der Waals surface area contributed by atoms with E-state index in [1.165, 1.54) is 27.4 Å². The number of hydrogen-bond donors (Lipinski definition) is 2. The molecule has 2 aromatic carbocycles. The Hall–Kier alpha value is -3.23. The summed E-state index contributed by atoms with van der Waals surface area (Å²) in [6.07, 6.45) is 0.465. The smallest absolute Gasteiger partial charge is 0.387 e. The topological polar surface area (TPSA) is 78.1 Å². The van der Waals surface area contributed by atoms with Crippen LogP contribution >= 0.6 is 0 Å². The average molecular weight is 410 g/mol. The maximum absolute atomic E-state index is 12.7. The van der Waals surface area contributed by atoms with E-state index in [4.69, 9.17) is 14.2 Å². The van der Waals surface area contributed by atoms with E-state index < -0.39 is 18.7 Å². The minimum atomic E-state index is -2.96. The maximum Gasteiger partial charge on any atom is 0.387 e. The lowest BCUT2D eigenvalue weighted by Gasteiger charge is -2.21. The molecule has 2 amide bonds. The average Bonchev–Trinajstić information content (AvgIpc) is 2.71. The molecule has 1 unspecified atom stereocenters. The van der Waals surface area contributed by atoms with Gasteiger partial charge in [-0.3, -0.25) is 0 Å². The normalized spacial score (nSPS) is 11.6. The molecule has 7 nitrogen and oxygen atoms in total. The highest BCUT2D eigenvalue weighted by molar-refractivity contribution is 5.90. The number of nitrogens with one attached hydrogen (secondary N) is 2. The first-order chi connectivity index (χ1) is 13.9. The summed E-state index contributed by atoms with van der Waals surface area (Å²) in [7, 11) is 4.41. The maximum atomic E-state index is 12.7. The lowest BCUT2D eigenvalue weighted by atomic mass is 10.0. The van der Waals surface area contributed by atoms with Crippen LogP contribution in [0.2, 0.25) is 0 Å². The van der Waals surface area contributed by atoms with Crippen molar-refractivity contribution in [1.29, 1.82) is 0 Å². The molecule has 1 atom stereocenters. The summed E-state index contributed by atoms with van der Waals surface area (Å²) in [4.78, 5) is 12.5. The lowest BCUT2D eigenvalue weighted by Crippen LogP contribution is -2.32. The van der Waals surface area contributed by atoms with Gasteiger partial charge in [0, 0.05) is 17.7 Å². The van der Waals surface area contributed by atoms with Crippen molar-refractivity contribution >= 4 is 11.7 Å².